The van der Waals surface area contributed by atoms with Gasteiger partial charge in [0.1, 0.15) is 12.4 Å². The third kappa shape index (κ3) is 3.62. The van der Waals surface area contributed by atoms with Gasteiger partial charge in [0.05, 0.1) is 6.54 Å². The van der Waals surface area contributed by atoms with Gasteiger partial charge in [-0.2, -0.15) is 0 Å². The van der Waals surface area contributed by atoms with Crippen molar-refractivity contribution in [2.45, 2.75) is 13.0 Å². The van der Waals surface area contributed by atoms with Crippen molar-refractivity contribution in [3.63, 3.8) is 0 Å². The molecule has 0 aliphatic carbocycles. The molecule has 1 aromatic carbocycles. The molecule has 2 N–H and O–H groups in total. The number of benzene rings is 1. The Morgan fingerprint density at radius 2 is 2.05 bits per heavy atom. The molecule has 0 saturated carbocycles. The van der Waals surface area contributed by atoms with Gasteiger partial charge in [-0.05, 0) is 31.2 Å². The van der Waals surface area contributed by atoms with E-state index in [0.29, 0.717) is 31.1 Å². The fourth-order valence-corrected chi connectivity index (χ4v) is 2.22. The highest BCUT2D eigenvalue weighted by Crippen LogP contribution is 2.26. The van der Waals surface area contributed by atoms with E-state index in [0.717, 1.165) is 11.3 Å². The molecule has 0 unspecified atom stereocenters. The van der Waals surface area contributed by atoms with Crippen LogP contribution >= 0.6 is 11.6 Å². The van der Waals surface area contributed by atoms with Crippen molar-refractivity contribution in [3.05, 3.63) is 63.5 Å². The van der Waals surface area contributed by atoms with E-state index in [9.17, 15) is 4.79 Å². The first kappa shape index (κ1) is 14.6. The monoisotopic (exact) mass is 292 g/mol. The number of hydrogen-bond donors (Lipinski definition) is 1. The average molecular weight is 293 g/mol. The molecule has 0 fully saturated rings. The fourth-order valence-electron chi connectivity index (χ4n) is 1.96. The van der Waals surface area contributed by atoms with Crippen LogP contribution in [0.15, 0.2) is 47.4 Å². The van der Waals surface area contributed by atoms with E-state index in [2.05, 4.69) is 0 Å². The minimum absolute atomic E-state index is 0.0376. The molecule has 1 heterocycles. The molecule has 2 aromatic rings. The Kier molecular flexibility index (Phi) is 5.21. The highest BCUT2D eigenvalue weighted by Gasteiger charge is 2.07. The third-order valence-corrected chi connectivity index (χ3v) is 3.31. The van der Waals surface area contributed by atoms with Crippen LogP contribution in [0.4, 0.5) is 0 Å². The first-order valence-electron chi connectivity index (χ1n) is 6.48. The summed E-state index contributed by atoms with van der Waals surface area (Å²) in [6, 6.07) is 10.6. The van der Waals surface area contributed by atoms with E-state index in [4.69, 9.17) is 22.1 Å². The lowest BCUT2D eigenvalue weighted by Gasteiger charge is -2.13. The van der Waals surface area contributed by atoms with Crippen LogP contribution in [0.2, 0.25) is 5.02 Å². The molecule has 0 aliphatic heterocycles. The SMILES string of the molecule is NCCc1c(Cl)cccc1OCCn1ccccc1=O. The Balaban J connectivity index is 2.03. The summed E-state index contributed by atoms with van der Waals surface area (Å²) in [7, 11) is 0. The van der Waals surface area contributed by atoms with Crippen molar-refractivity contribution in [1.29, 1.82) is 0 Å². The second-order valence-electron chi connectivity index (χ2n) is 4.34. The molecule has 0 bridgehead atoms. The standard InChI is InChI=1S/C15H17ClN2O2/c16-13-4-3-5-14(12(13)7-8-17)20-11-10-18-9-2-1-6-15(18)19/h1-6,9H,7-8,10-11,17H2. The van der Waals surface area contributed by atoms with Gasteiger partial charge in [0.15, 0.2) is 0 Å². The van der Waals surface area contributed by atoms with Crippen LogP contribution in [0.1, 0.15) is 5.56 Å². The largest absolute Gasteiger partial charge is 0.491 e. The summed E-state index contributed by atoms with van der Waals surface area (Å²) in [4.78, 5) is 11.6. The van der Waals surface area contributed by atoms with Crippen molar-refractivity contribution < 1.29 is 4.74 Å². The Morgan fingerprint density at radius 3 is 2.80 bits per heavy atom. The number of halogens is 1. The zero-order valence-corrected chi connectivity index (χ0v) is 11.8. The third-order valence-electron chi connectivity index (χ3n) is 2.96. The van der Waals surface area contributed by atoms with Crippen molar-refractivity contribution in [3.8, 4) is 5.75 Å². The van der Waals surface area contributed by atoms with Crippen LogP contribution in [-0.2, 0) is 13.0 Å². The smallest absolute Gasteiger partial charge is 0.250 e. The molecule has 0 amide bonds. The van der Waals surface area contributed by atoms with Gasteiger partial charge >= 0.3 is 0 Å². The number of ether oxygens (including phenoxy) is 1. The summed E-state index contributed by atoms with van der Waals surface area (Å²) in [6.45, 7) is 1.41. The number of rotatable bonds is 6. The molecule has 1 aromatic heterocycles. The van der Waals surface area contributed by atoms with Gasteiger partial charge in [-0.3, -0.25) is 4.79 Å². The van der Waals surface area contributed by atoms with E-state index in [-0.39, 0.29) is 5.56 Å². The van der Waals surface area contributed by atoms with Gasteiger partial charge < -0.3 is 15.0 Å². The highest BCUT2D eigenvalue weighted by molar-refractivity contribution is 6.31. The van der Waals surface area contributed by atoms with Gasteiger partial charge in [0.2, 0.25) is 0 Å². The van der Waals surface area contributed by atoms with E-state index in [1.54, 1.807) is 16.8 Å². The first-order chi connectivity index (χ1) is 9.72. The second kappa shape index (κ2) is 7.12. The number of aromatic nitrogens is 1. The molecule has 20 heavy (non-hydrogen) atoms. The van der Waals surface area contributed by atoms with Gasteiger partial charge in [-0.1, -0.05) is 23.7 Å². The lowest BCUT2D eigenvalue weighted by molar-refractivity contribution is 0.293. The van der Waals surface area contributed by atoms with E-state index >= 15 is 0 Å². The van der Waals surface area contributed by atoms with Crippen LogP contribution in [-0.4, -0.2) is 17.7 Å². The van der Waals surface area contributed by atoms with Crippen molar-refractivity contribution in [2.24, 2.45) is 5.73 Å². The molecule has 4 nitrogen and oxygen atoms in total. The summed E-state index contributed by atoms with van der Waals surface area (Å²) in [5, 5.41) is 0.657. The summed E-state index contributed by atoms with van der Waals surface area (Å²) in [6.07, 6.45) is 2.41. The predicted molar refractivity (Wildman–Crippen MR) is 80.4 cm³/mol. The van der Waals surface area contributed by atoms with Crippen molar-refractivity contribution >= 4 is 11.6 Å². The molecule has 5 heteroatoms. The number of pyridine rings is 1. The number of nitrogens with zero attached hydrogens (tertiary/aromatic N) is 1. The molecule has 2 rings (SSSR count). The van der Waals surface area contributed by atoms with E-state index in [1.807, 2.05) is 24.3 Å². The Labute approximate surface area is 122 Å². The molecule has 0 atom stereocenters. The maximum atomic E-state index is 11.6. The second-order valence-corrected chi connectivity index (χ2v) is 4.74. The van der Waals surface area contributed by atoms with Crippen LogP contribution in [0, 0.1) is 0 Å². The topological polar surface area (TPSA) is 57.2 Å². The van der Waals surface area contributed by atoms with Gasteiger partial charge in [-0.15, -0.1) is 0 Å². The molecule has 0 spiro atoms. The van der Waals surface area contributed by atoms with Crippen molar-refractivity contribution in [1.82, 2.24) is 4.57 Å². The minimum Gasteiger partial charge on any atom is -0.491 e. The molecule has 0 aliphatic rings. The Hall–Kier alpha value is -1.78. The summed E-state index contributed by atoms with van der Waals surface area (Å²) in [5.74, 6) is 0.729. The van der Waals surface area contributed by atoms with Crippen LogP contribution in [0.3, 0.4) is 0 Å². The van der Waals surface area contributed by atoms with Crippen LogP contribution in [0.25, 0.3) is 0 Å². The van der Waals surface area contributed by atoms with E-state index < -0.39 is 0 Å². The first-order valence-corrected chi connectivity index (χ1v) is 6.86. The summed E-state index contributed by atoms with van der Waals surface area (Å²) < 4.78 is 7.33. The summed E-state index contributed by atoms with van der Waals surface area (Å²) in [5.41, 5.74) is 6.45. The quantitative estimate of drug-likeness (QED) is 0.887. The van der Waals surface area contributed by atoms with Gasteiger partial charge in [-0.25, -0.2) is 0 Å². The fraction of sp³-hybridized carbons (Fsp3) is 0.267. The Morgan fingerprint density at radius 1 is 1.20 bits per heavy atom. The van der Waals surface area contributed by atoms with Gasteiger partial charge in [0.25, 0.3) is 5.56 Å². The average Bonchev–Trinajstić information content (AvgIpc) is 2.44. The molecule has 0 radical (unpaired) electrons. The van der Waals surface area contributed by atoms with E-state index in [1.165, 1.54) is 6.07 Å². The zero-order valence-electron chi connectivity index (χ0n) is 11.1. The number of hydrogen-bond acceptors (Lipinski definition) is 3. The highest BCUT2D eigenvalue weighted by atomic mass is 35.5. The van der Waals surface area contributed by atoms with Crippen LogP contribution in [0.5, 0.6) is 5.75 Å². The lowest BCUT2D eigenvalue weighted by Crippen LogP contribution is -2.21. The predicted octanol–water partition coefficient (Wildman–Crippen LogP) is 2.08. The van der Waals surface area contributed by atoms with Gasteiger partial charge in [0, 0.05) is 22.8 Å². The molecule has 106 valence electrons. The molecule has 0 saturated heterocycles. The zero-order chi connectivity index (χ0) is 14.4. The molecular weight excluding hydrogens is 276 g/mol. The Bertz CT molecular complexity index is 625. The lowest BCUT2D eigenvalue weighted by atomic mass is 10.1. The number of nitrogens with two attached hydrogens (primary N) is 1. The normalized spacial score (nSPS) is 10.5. The molecular formula is C15H17ClN2O2. The van der Waals surface area contributed by atoms with Crippen molar-refractivity contribution in [2.75, 3.05) is 13.2 Å². The summed E-state index contributed by atoms with van der Waals surface area (Å²) >= 11 is 6.14. The maximum Gasteiger partial charge on any atom is 0.250 e. The van der Waals surface area contributed by atoms with Crippen LogP contribution < -0.4 is 16.0 Å². The minimum atomic E-state index is -0.0376. The maximum absolute atomic E-state index is 11.6.